The number of nitrogens with zero attached hydrogens (tertiary/aromatic N) is 4. The van der Waals surface area contributed by atoms with E-state index in [0.717, 1.165) is 43.4 Å². The van der Waals surface area contributed by atoms with E-state index in [9.17, 15) is 0 Å². The van der Waals surface area contributed by atoms with E-state index in [2.05, 4.69) is 38.8 Å². The lowest BCUT2D eigenvalue weighted by Gasteiger charge is -2.39. The molecule has 0 bridgehead atoms. The fourth-order valence-corrected chi connectivity index (χ4v) is 3.32. The number of ether oxygens (including phenoxy) is 2. The number of hydrogen-bond donors (Lipinski definition) is 0. The average molecular weight is 347 g/mol. The Kier molecular flexibility index (Phi) is 4.16. The minimum Gasteiger partial charge on any atom is -0.454 e. The molecule has 7 heteroatoms. The van der Waals surface area contributed by atoms with Crippen LogP contribution >= 0.6 is 11.6 Å². The Morgan fingerprint density at radius 3 is 2.50 bits per heavy atom. The standard InChI is InChI=1S/C17H19ClN4O2/c1-12(13-2-3-15-16(8-13)24-11-23-15)21-4-6-22(7-5-21)14-9-19-17(18)20-10-14/h2-3,8-10,12H,4-7,11H2,1H3. The summed E-state index contributed by atoms with van der Waals surface area (Å²) in [5, 5.41) is 0.286. The Morgan fingerprint density at radius 2 is 1.75 bits per heavy atom. The molecule has 1 fully saturated rings. The first kappa shape index (κ1) is 15.5. The van der Waals surface area contributed by atoms with Crippen molar-refractivity contribution in [3.05, 3.63) is 41.4 Å². The minimum atomic E-state index is 0.286. The van der Waals surface area contributed by atoms with Crippen LogP contribution in [0, 0.1) is 0 Å². The van der Waals surface area contributed by atoms with E-state index in [0.29, 0.717) is 12.8 Å². The van der Waals surface area contributed by atoms with Gasteiger partial charge in [0.1, 0.15) is 0 Å². The van der Waals surface area contributed by atoms with Crippen molar-refractivity contribution in [1.29, 1.82) is 0 Å². The highest BCUT2D eigenvalue weighted by Crippen LogP contribution is 2.35. The Labute approximate surface area is 146 Å². The molecule has 1 atom stereocenters. The summed E-state index contributed by atoms with van der Waals surface area (Å²) in [6.07, 6.45) is 3.57. The van der Waals surface area contributed by atoms with Gasteiger partial charge in [0, 0.05) is 32.2 Å². The first-order valence-electron chi connectivity index (χ1n) is 8.07. The van der Waals surface area contributed by atoms with E-state index in [1.54, 1.807) is 12.4 Å². The molecule has 0 aliphatic carbocycles. The van der Waals surface area contributed by atoms with Crippen LogP contribution in [0.25, 0.3) is 0 Å². The third kappa shape index (κ3) is 2.99. The van der Waals surface area contributed by atoms with Crippen molar-refractivity contribution in [3.63, 3.8) is 0 Å². The van der Waals surface area contributed by atoms with Gasteiger partial charge in [-0.3, -0.25) is 4.90 Å². The second-order valence-electron chi connectivity index (χ2n) is 6.02. The smallest absolute Gasteiger partial charge is 0.231 e. The lowest BCUT2D eigenvalue weighted by atomic mass is 10.1. The van der Waals surface area contributed by atoms with Gasteiger partial charge in [0.2, 0.25) is 12.1 Å². The predicted octanol–water partition coefficient (Wildman–Crippen LogP) is 2.74. The Balaban J connectivity index is 1.41. The van der Waals surface area contributed by atoms with Crippen molar-refractivity contribution in [2.24, 2.45) is 0 Å². The number of rotatable bonds is 3. The molecule has 0 N–H and O–H groups in total. The first-order chi connectivity index (χ1) is 11.7. The highest BCUT2D eigenvalue weighted by Gasteiger charge is 2.24. The third-order valence-electron chi connectivity index (χ3n) is 4.71. The number of fused-ring (bicyclic) bond motifs is 1. The lowest BCUT2D eigenvalue weighted by Crippen LogP contribution is -2.47. The van der Waals surface area contributed by atoms with Gasteiger partial charge in [-0.25, -0.2) is 9.97 Å². The van der Waals surface area contributed by atoms with Crippen LogP contribution in [0.3, 0.4) is 0 Å². The maximum atomic E-state index is 5.76. The van der Waals surface area contributed by atoms with Crippen LogP contribution in [0.2, 0.25) is 5.28 Å². The topological polar surface area (TPSA) is 50.7 Å². The molecule has 6 nitrogen and oxygen atoms in total. The van der Waals surface area contributed by atoms with Crippen molar-refractivity contribution in [2.75, 3.05) is 37.9 Å². The third-order valence-corrected chi connectivity index (χ3v) is 4.91. The van der Waals surface area contributed by atoms with E-state index in [-0.39, 0.29) is 5.28 Å². The number of halogens is 1. The molecule has 1 saturated heterocycles. The minimum absolute atomic E-state index is 0.286. The molecule has 24 heavy (non-hydrogen) atoms. The zero-order valence-corrected chi connectivity index (χ0v) is 14.2. The lowest BCUT2D eigenvalue weighted by molar-refractivity contribution is 0.173. The molecule has 1 aromatic heterocycles. The second-order valence-corrected chi connectivity index (χ2v) is 6.36. The van der Waals surface area contributed by atoms with Gasteiger partial charge >= 0.3 is 0 Å². The van der Waals surface area contributed by atoms with Crippen LogP contribution in [-0.2, 0) is 0 Å². The number of hydrogen-bond acceptors (Lipinski definition) is 6. The molecule has 2 aliphatic heterocycles. The van der Waals surface area contributed by atoms with Crippen LogP contribution in [0.1, 0.15) is 18.5 Å². The summed E-state index contributed by atoms with van der Waals surface area (Å²) in [5.74, 6) is 1.68. The molecule has 1 aromatic carbocycles. The van der Waals surface area contributed by atoms with Crippen molar-refractivity contribution < 1.29 is 9.47 Å². The monoisotopic (exact) mass is 346 g/mol. The van der Waals surface area contributed by atoms with Crippen molar-refractivity contribution in [2.45, 2.75) is 13.0 Å². The number of piperazine rings is 1. The summed E-state index contributed by atoms with van der Waals surface area (Å²) >= 11 is 5.76. The molecule has 126 valence electrons. The highest BCUT2D eigenvalue weighted by atomic mass is 35.5. The Hall–Kier alpha value is -2.05. The SMILES string of the molecule is CC(c1ccc2c(c1)OCO2)N1CCN(c2cnc(Cl)nc2)CC1. The molecule has 2 aromatic rings. The zero-order valence-electron chi connectivity index (χ0n) is 13.5. The molecule has 0 saturated carbocycles. The fraction of sp³-hybridized carbons (Fsp3) is 0.412. The van der Waals surface area contributed by atoms with E-state index >= 15 is 0 Å². The quantitative estimate of drug-likeness (QED) is 0.796. The largest absolute Gasteiger partial charge is 0.454 e. The zero-order chi connectivity index (χ0) is 16.5. The van der Waals surface area contributed by atoms with E-state index < -0.39 is 0 Å². The van der Waals surface area contributed by atoms with E-state index in [1.165, 1.54) is 5.56 Å². The number of aromatic nitrogens is 2. The van der Waals surface area contributed by atoms with Gasteiger partial charge in [-0.1, -0.05) is 6.07 Å². The molecular formula is C17H19ClN4O2. The second kappa shape index (κ2) is 6.45. The molecular weight excluding hydrogens is 328 g/mol. The Morgan fingerprint density at radius 1 is 1.04 bits per heavy atom. The van der Waals surface area contributed by atoms with Gasteiger partial charge in [0.15, 0.2) is 11.5 Å². The number of anilines is 1. The van der Waals surface area contributed by atoms with Crippen LogP contribution in [-0.4, -0.2) is 47.8 Å². The summed E-state index contributed by atoms with van der Waals surface area (Å²) in [6.45, 7) is 6.41. The summed E-state index contributed by atoms with van der Waals surface area (Å²) in [7, 11) is 0. The van der Waals surface area contributed by atoms with Gasteiger partial charge in [-0.05, 0) is 36.2 Å². The summed E-state index contributed by atoms with van der Waals surface area (Å²) in [6, 6.07) is 6.54. The van der Waals surface area contributed by atoms with Gasteiger partial charge in [0.05, 0.1) is 18.1 Å². The Bertz CT molecular complexity index is 717. The van der Waals surface area contributed by atoms with Gasteiger partial charge in [-0.2, -0.15) is 0 Å². The molecule has 0 amide bonds. The van der Waals surface area contributed by atoms with Gasteiger partial charge < -0.3 is 14.4 Å². The molecule has 4 rings (SSSR count). The van der Waals surface area contributed by atoms with Crippen LogP contribution in [0.15, 0.2) is 30.6 Å². The summed E-state index contributed by atoms with van der Waals surface area (Å²) in [5.41, 5.74) is 2.28. The summed E-state index contributed by atoms with van der Waals surface area (Å²) < 4.78 is 10.9. The average Bonchev–Trinajstić information content (AvgIpc) is 3.09. The summed E-state index contributed by atoms with van der Waals surface area (Å²) in [4.78, 5) is 12.9. The van der Waals surface area contributed by atoms with Crippen LogP contribution < -0.4 is 14.4 Å². The fourth-order valence-electron chi connectivity index (χ4n) is 3.22. The van der Waals surface area contributed by atoms with Crippen molar-refractivity contribution in [3.8, 4) is 11.5 Å². The molecule has 3 heterocycles. The van der Waals surface area contributed by atoms with Crippen molar-refractivity contribution in [1.82, 2.24) is 14.9 Å². The van der Waals surface area contributed by atoms with Crippen LogP contribution in [0.5, 0.6) is 11.5 Å². The predicted molar refractivity (Wildman–Crippen MR) is 91.8 cm³/mol. The maximum Gasteiger partial charge on any atom is 0.231 e. The van der Waals surface area contributed by atoms with Gasteiger partial charge in [-0.15, -0.1) is 0 Å². The van der Waals surface area contributed by atoms with Crippen molar-refractivity contribution >= 4 is 17.3 Å². The number of benzene rings is 1. The molecule has 1 unspecified atom stereocenters. The van der Waals surface area contributed by atoms with E-state index in [1.807, 2.05) is 6.07 Å². The van der Waals surface area contributed by atoms with Gasteiger partial charge in [0.25, 0.3) is 0 Å². The molecule has 2 aliphatic rings. The van der Waals surface area contributed by atoms with Crippen LogP contribution in [0.4, 0.5) is 5.69 Å². The highest BCUT2D eigenvalue weighted by molar-refractivity contribution is 6.28. The normalized spacial score (nSPS) is 18.7. The first-order valence-corrected chi connectivity index (χ1v) is 8.44. The maximum absolute atomic E-state index is 5.76. The molecule has 0 radical (unpaired) electrons. The molecule has 0 spiro atoms. The van der Waals surface area contributed by atoms with E-state index in [4.69, 9.17) is 21.1 Å².